The Labute approximate surface area is 128 Å². The van der Waals surface area contributed by atoms with E-state index in [1.807, 2.05) is 31.7 Å². The summed E-state index contributed by atoms with van der Waals surface area (Å²) in [5.41, 5.74) is 1.17. The van der Waals surface area contributed by atoms with Gasteiger partial charge in [0.1, 0.15) is 11.9 Å². The first-order valence-electron chi connectivity index (χ1n) is 6.92. The van der Waals surface area contributed by atoms with Gasteiger partial charge in [0.2, 0.25) is 0 Å². The van der Waals surface area contributed by atoms with Crippen molar-refractivity contribution < 1.29 is 0 Å². The Kier molecular flexibility index (Phi) is 4.13. The smallest absolute Gasteiger partial charge is 0.131 e. The molecule has 1 unspecified atom stereocenters. The summed E-state index contributed by atoms with van der Waals surface area (Å²) in [4.78, 5) is 9.97. The first-order chi connectivity index (χ1) is 10.3. The van der Waals surface area contributed by atoms with Crippen molar-refractivity contribution in [3.05, 3.63) is 70.7 Å². The number of aromatic nitrogens is 3. The van der Waals surface area contributed by atoms with Crippen LogP contribution in [-0.2, 0) is 7.05 Å². The minimum absolute atomic E-state index is 0.0835. The molecule has 0 spiro atoms. The Hall–Kier alpha value is -1.98. The fourth-order valence-electron chi connectivity index (χ4n) is 2.37. The number of imidazole rings is 1. The molecule has 0 fully saturated rings. The molecule has 0 aliphatic carbocycles. The zero-order valence-corrected chi connectivity index (χ0v) is 12.9. The van der Waals surface area contributed by atoms with Gasteiger partial charge in [0.15, 0.2) is 0 Å². The summed E-state index contributed by atoms with van der Waals surface area (Å²) in [6, 6.07) is 8.56. The van der Waals surface area contributed by atoms with Crippen molar-refractivity contribution in [2.24, 2.45) is 7.05 Å². The van der Waals surface area contributed by atoms with E-state index in [2.05, 4.69) is 50.4 Å². The van der Waals surface area contributed by atoms with Crippen molar-refractivity contribution in [1.29, 1.82) is 0 Å². The third-order valence-electron chi connectivity index (χ3n) is 3.55. The van der Waals surface area contributed by atoms with Crippen LogP contribution in [0, 0.1) is 0 Å². The van der Waals surface area contributed by atoms with Gasteiger partial charge in [0.05, 0.1) is 0 Å². The highest BCUT2D eigenvalue weighted by atomic mass is 32.1. The Morgan fingerprint density at radius 3 is 2.76 bits per heavy atom. The van der Waals surface area contributed by atoms with Crippen molar-refractivity contribution in [2.75, 3.05) is 0 Å². The number of rotatable bonds is 5. The summed E-state index contributed by atoms with van der Waals surface area (Å²) in [7, 11) is 2.03. The molecule has 3 aromatic heterocycles. The fraction of sp³-hybridized carbons (Fsp3) is 0.250. The molecule has 0 aliphatic rings. The van der Waals surface area contributed by atoms with Gasteiger partial charge in [0.25, 0.3) is 0 Å². The molecular weight excluding hydrogens is 280 g/mol. The number of nitrogens with zero attached hydrogens (tertiary/aromatic N) is 3. The van der Waals surface area contributed by atoms with Crippen LogP contribution in [0.2, 0.25) is 0 Å². The molecule has 21 heavy (non-hydrogen) atoms. The maximum absolute atomic E-state index is 4.51. The fourth-order valence-corrected chi connectivity index (χ4v) is 3.15. The molecule has 0 aliphatic heterocycles. The zero-order chi connectivity index (χ0) is 14.7. The predicted molar refractivity (Wildman–Crippen MR) is 85.2 cm³/mol. The van der Waals surface area contributed by atoms with E-state index in [4.69, 9.17) is 0 Å². The van der Waals surface area contributed by atoms with Gasteiger partial charge >= 0.3 is 0 Å². The molecule has 1 N–H and O–H groups in total. The van der Waals surface area contributed by atoms with Gasteiger partial charge in [-0.1, -0.05) is 12.1 Å². The van der Waals surface area contributed by atoms with Crippen molar-refractivity contribution in [3.8, 4) is 0 Å². The van der Waals surface area contributed by atoms with Gasteiger partial charge in [0, 0.05) is 42.8 Å². The standard InChI is InChI=1S/C16H18N4S/c1-12(13-5-3-7-17-11-13)19-15(14-6-4-10-21-14)16-18-8-9-20(16)2/h3-12,15,19H,1-2H3/t12-,15?/m0/s1. The van der Waals surface area contributed by atoms with Crippen LogP contribution in [-0.4, -0.2) is 14.5 Å². The molecular formula is C16H18N4S. The van der Waals surface area contributed by atoms with E-state index in [0.29, 0.717) is 0 Å². The van der Waals surface area contributed by atoms with Crippen LogP contribution in [0.25, 0.3) is 0 Å². The molecule has 5 heteroatoms. The number of pyridine rings is 1. The van der Waals surface area contributed by atoms with Crippen molar-refractivity contribution in [1.82, 2.24) is 19.9 Å². The van der Waals surface area contributed by atoms with Gasteiger partial charge in [-0.2, -0.15) is 0 Å². The normalized spacial score (nSPS) is 14.0. The molecule has 0 saturated heterocycles. The molecule has 4 nitrogen and oxygen atoms in total. The van der Waals surface area contributed by atoms with Gasteiger partial charge < -0.3 is 4.57 Å². The molecule has 0 bridgehead atoms. The molecule has 2 atom stereocenters. The number of hydrogen-bond acceptors (Lipinski definition) is 4. The summed E-state index contributed by atoms with van der Waals surface area (Å²) in [5, 5.41) is 5.76. The Morgan fingerprint density at radius 2 is 2.14 bits per heavy atom. The first-order valence-corrected chi connectivity index (χ1v) is 7.80. The van der Waals surface area contributed by atoms with Crippen LogP contribution in [0.3, 0.4) is 0 Å². The van der Waals surface area contributed by atoms with Gasteiger partial charge in [-0.05, 0) is 30.0 Å². The largest absolute Gasteiger partial charge is 0.336 e. The SMILES string of the molecule is C[C@H](NC(c1cccs1)c1nccn1C)c1cccnc1. The molecule has 3 heterocycles. The number of aryl methyl sites for hydroxylation is 1. The van der Waals surface area contributed by atoms with E-state index in [0.717, 1.165) is 5.82 Å². The summed E-state index contributed by atoms with van der Waals surface area (Å²) < 4.78 is 2.06. The molecule has 0 radical (unpaired) electrons. The topological polar surface area (TPSA) is 42.7 Å². The number of nitrogens with one attached hydrogen (secondary N) is 1. The van der Waals surface area contributed by atoms with Crippen molar-refractivity contribution >= 4 is 11.3 Å². The van der Waals surface area contributed by atoms with E-state index in [-0.39, 0.29) is 12.1 Å². The monoisotopic (exact) mass is 298 g/mol. The van der Waals surface area contributed by atoms with Gasteiger partial charge in [-0.3, -0.25) is 10.3 Å². The number of thiophene rings is 1. The second-order valence-electron chi connectivity index (χ2n) is 5.02. The van der Waals surface area contributed by atoms with E-state index >= 15 is 0 Å². The molecule has 3 rings (SSSR count). The lowest BCUT2D eigenvalue weighted by Crippen LogP contribution is -2.27. The van der Waals surface area contributed by atoms with Crippen LogP contribution in [0.1, 0.15) is 35.3 Å². The summed E-state index contributed by atoms with van der Waals surface area (Å²) >= 11 is 1.74. The lowest BCUT2D eigenvalue weighted by Gasteiger charge is -2.22. The average molecular weight is 298 g/mol. The van der Waals surface area contributed by atoms with Crippen LogP contribution in [0.4, 0.5) is 0 Å². The highest BCUT2D eigenvalue weighted by molar-refractivity contribution is 7.10. The van der Waals surface area contributed by atoms with E-state index in [1.165, 1.54) is 10.4 Å². The Balaban J connectivity index is 1.89. The second-order valence-corrected chi connectivity index (χ2v) is 6.00. The van der Waals surface area contributed by atoms with Crippen LogP contribution >= 0.6 is 11.3 Å². The van der Waals surface area contributed by atoms with E-state index in [9.17, 15) is 0 Å². The van der Waals surface area contributed by atoms with Crippen molar-refractivity contribution in [2.45, 2.75) is 19.0 Å². The van der Waals surface area contributed by atoms with Crippen LogP contribution in [0.15, 0.2) is 54.4 Å². The molecule has 0 aromatic carbocycles. The van der Waals surface area contributed by atoms with E-state index < -0.39 is 0 Å². The average Bonchev–Trinajstić information content (AvgIpc) is 3.17. The van der Waals surface area contributed by atoms with Gasteiger partial charge in [-0.15, -0.1) is 11.3 Å². The minimum atomic E-state index is 0.0835. The highest BCUT2D eigenvalue weighted by Gasteiger charge is 2.21. The Morgan fingerprint density at radius 1 is 1.24 bits per heavy atom. The van der Waals surface area contributed by atoms with Crippen LogP contribution < -0.4 is 5.32 Å². The first kappa shape index (κ1) is 14.0. The maximum Gasteiger partial charge on any atom is 0.131 e. The van der Waals surface area contributed by atoms with E-state index in [1.54, 1.807) is 17.5 Å². The van der Waals surface area contributed by atoms with Gasteiger partial charge in [-0.25, -0.2) is 4.98 Å². The second kappa shape index (κ2) is 6.20. The third kappa shape index (κ3) is 3.04. The highest BCUT2D eigenvalue weighted by Crippen LogP contribution is 2.27. The Bertz CT molecular complexity index is 675. The quantitative estimate of drug-likeness (QED) is 0.786. The molecule has 0 saturated carbocycles. The molecule has 108 valence electrons. The summed E-state index contributed by atoms with van der Waals surface area (Å²) in [6.45, 7) is 2.15. The lowest BCUT2D eigenvalue weighted by atomic mass is 10.1. The predicted octanol–water partition coefficient (Wildman–Crippen LogP) is 3.32. The lowest BCUT2D eigenvalue weighted by molar-refractivity contribution is 0.493. The maximum atomic E-state index is 4.51. The zero-order valence-electron chi connectivity index (χ0n) is 12.1. The van der Waals surface area contributed by atoms with Crippen LogP contribution in [0.5, 0.6) is 0 Å². The molecule has 0 amide bonds. The molecule has 3 aromatic rings. The number of hydrogen-bond donors (Lipinski definition) is 1. The summed E-state index contributed by atoms with van der Waals surface area (Å²) in [5.74, 6) is 1.02. The van der Waals surface area contributed by atoms with Crippen molar-refractivity contribution in [3.63, 3.8) is 0 Å². The minimum Gasteiger partial charge on any atom is -0.336 e. The third-order valence-corrected chi connectivity index (χ3v) is 4.48. The summed E-state index contributed by atoms with van der Waals surface area (Å²) in [6.07, 6.45) is 7.52.